The van der Waals surface area contributed by atoms with Gasteiger partial charge in [0.25, 0.3) is 0 Å². The maximum absolute atomic E-state index is 13.6. The van der Waals surface area contributed by atoms with Crippen molar-refractivity contribution in [3.05, 3.63) is 64.7 Å². The van der Waals surface area contributed by atoms with Crippen molar-refractivity contribution in [2.24, 2.45) is 0 Å². The largest absolute Gasteiger partial charge is 0.496 e. The number of halogens is 2. The highest BCUT2D eigenvalue weighted by Gasteiger charge is 2.18. The van der Waals surface area contributed by atoms with Crippen molar-refractivity contribution in [2.45, 2.75) is 19.4 Å². The summed E-state index contributed by atoms with van der Waals surface area (Å²) in [5.41, 5.74) is 1.37. The fourth-order valence-corrected chi connectivity index (χ4v) is 2.12. The molecule has 2 aromatic carbocycles. The average molecular weight is 278 g/mol. The lowest BCUT2D eigenvalue weighted by atomic mass is 9.99. The van der Waals surface area contributed by atoms with E-state index in [1.165, 1.54) is 25.3 Å². The first-order valence-corrected chi connectivity index (χ1v) is 6.28. The Labute approximate surface area is 116 Å². The Kier molecular flexibility index (Phi) is 4.35. The molecule has 0 bridgehead atoms. The molecule has 20 heavy (non-hydrogen) atoms. The third-order valence-corrected chi connectivity index (χ3v) is 3.21. The number of methoxy groups -OCH3 is 1. The molecule has 2 rings (SSSR count). The number of benzene rings is 2. The molecule has 106 valence electrons. The van der Waals surface area contributed by atoms with Crippen molar-refractivity contribution in [3.63, 3.8) is 0 Å². The fraction of sp³-hybridized carbons (Fsp3) is 0.250. The molecule has 0 fully saturated rings. The van der Waals surface area contributed by atoms with Crippen LogP contribution in [0, 0.1) is 18.6 Å². The normalized spacial score (nSPS) is 12.2. The van der Waals surface area contributed by atoms with E-state index in [9.17, 15) is 13.9 Å². The van der Waals surface area contributed by atoms with E-state index in [-0.39, 0.29) is 12.0 Å². The van der Waals surface area contributed by atoms with E-state index < -0.39 is 17.7 Å². The van der Waals surface area contributed by atoms with Crippen LogP contribution in [0.3, 0.4) is 0 Å². The van der Waals surface area contributed by atoms with Crippen LogP contribution < -0.4 is 4.74 Å². The predicted octanol–water partition coefficient (Wildman–Crippen LogP) is 3.56. The lowest BCUT2D eigenvalue weighted by Gasteiger charge is -2.16. The molecule has 1 N–H and O–H groups in total. The summed E-state index contributed by atoms with van der Waals surface area (Å²) in [6.07, 6.45) is -1.17. The number of aliphatic hydroxyl groups is 1. The third kappa shape index (κ3) is 2.96. The van der Waals surface area contributed by atoms with E-state index in [0.717, 1.165) is 5.56 Å². The molecular weight excluding hydrogens is 262 g/mol. The highest BCUT2D eigenvalue weighted by molar-refractivity contribution is 5.39. The van der Waals surface area contributed by atoms with E-state index in [0.29, 0.717) is 11.3 Å². The van der Waals surface area contributed by atoms with Crippen molar-refractivity contribution < 1.29 is 18.6 Å². The number of aliphatic hydroxyl groups excluding tert-OH is 1. The maximum atomic E-state index is 13.6. The molecule has 0 radical (unpaired) electrons. The summed E-state index contributed by atoms with van der Waals surface area (Å²) < 4.78 is 32.4. The Morgan fingerprint density at radius 2 is 1.80 bits per heavy atom. The van der Waals surface area contributed by atoms with E-state index >= 15 is 0 Å². The van der Waals surface area contributed by atoms with Gasteiger partial charge in [0.15, 0.2) is 0 Å². The number of hydrogen-bond donors (Lipinski definition) is 1. The van der Waals surface area contributed by atoms with Gasteiger partial charge < -0.3 is 9.84 Å². The molecule has 0 saturated carbocycles. The SMILES string of the molecule is COc1cc(C)ccc1C(O)Cc1c(F)cccc1F. The molecule has 2 nitrogen and oxygen atoms in total. The van der Waals surface area contributed by atoms with Crippen LogP contribution in [-0.2, 0) is 6.42 Å². The van der Waals surface area contributed by atoms with E-state index in [1.807, 2.05) is 13.0 Å². The van der Waals surface area contributed by atoms with Gasteiger partial charge in [-0.15, -0.1) is 0 Å². The van der Waals surface area contributed by atoms with Gasteiger partial charge >= 0.3 is 0 Å². The van der Waals surface area contributed by atoms with Gasteiger partial charge in [-0.3, -0.25) is 0 Å². The molecule has 0 spiro atoms. The lowest BCUT2D eigenvalue weighted by molar-refractivity contribution is 0.171. The minimum Gasteiger partial charge on any atom is -0.496 e. The molecule has 0 aromatic heterocycles. The van der Waals surface area contributed by atoms with Crippen molar-refractivity contribution in [1.29, 1.82) is 0 Å². The summed E-state index contributed by atoms with van der Waals surface area (Å²) in [6, 6.07) is 8.95. The van der Waals surface area contributed by atoms with Gasteiger partial charge in [0, 0.05) is 17.5 Å². The Balaban J connectivity index is 2.31. The highest BCUT2D eigenvalue weighted by Crippen LogP contribution is 2.29. The molecule has 2 aromatic rings. The van der Waals surface area contributed by atoms with Gasteiger partial charge in [0.1, 0.15) is 17.4 Å². The summed E-state index contributed by atoms with van der Waals surface area (Å²) in [4.78, 5) is 0. The van der Waals surface area contributed by atoms with Crippen LogP contribution in [0.5, 0.6) is 5.75 Å². The predicted molar refractivity (Wildman–Crippen MR) is 72.8 cm³/mol. The molecule has 0 aliphatic carbocycles. The first-order chi connectivity index (χ1) is 9.52. The molecule has 0 aliphatic heterocycles. The third-order valence-electron chi connectivity index (χ3n) is 3.21. The Morgan fingerprint density at radius 3 is 2.40 bits per heavy atom. The molecule has 1 atom stereocenters. The highest BCUT2D eigenvalue weighted by atomic mass is 19.1. The number of ether oxygens (including phenoxy) is 1. The zero-order valence-electron chi connectivity index (χ0n) is 11.4. The monoisotopic (exact) mass is 278 g/mol. The van der Waals surface area contributed by atoms with Gasteiger partial charge in [-0.1, -0.05) is 18.2 Å². The fourth-order valence-electron chi connectivity index (χ4n) is 2.12. The van der Waals surface area contributed by atoms with Gasteiger partial charge in [-0.05, 0) is 30.7 Å². The Hall–Kier alpha value is -1.94. The second kappa shape index (κ2) is 6.01. The van der Waals surface area contributed by atoms with Crippen molar-refractivity contribution in [1.82, 2.24) is 0 Å². The number of aryl methyl sites for hydroxylation is 1. The first kappa shape index (κ1) is 14.5. The van der Waals surface area contributed by atoms with Crippen LogP contribution in [0.15, 0.2) is 36.4 Å². The standard InChI is InChI=1S/C16H16F2O2/c1-10-6-7-11(16(8-10)20-2)15(19)9-12-13(17)4-3-5-14(12)18/h3-8,15,19H,9H2,1-2H3. The smallest absolute Gasteiger partial charge is 0.129 e. The van der Waals surface area contributed by atoms with Crippen LogP contribution in [0.2, 0.25) is 0 Å². The molecule has 0 heterocycles. The maximum Gasteiger partial charge on any atom is 0.129 e. The second-order valence-electron chi connectivity index (χ2n) is 4.67. The summed E-state index contributed by atoms with van der Waals surface area (Å²) in [6.45, 7) is 1.90. The van der Waals surface area contributed by atoms with Crippen molar-refractivity contribution in [3.8, 4) is 5.75 Å². The van der Waals surface area contributed by atoms with Gasteiger partial charge in [0.2, 0.25) is 0 Å². The van der Waals surface area contributed by atoms with Crippen molar-refractivity contribution in [2.75, 3.05) is 7.11 Å². The van der Waals surface area contributed by atoms with Gasteiger partial charge in [-0.2, -0.15) is 0 Å². The van der Waals surface area contributed by atoms with Crippen LogP contribution in [0.25, 0.3) is 0 Å². The van der Waals surface area contributed by atoms with E-state index in [1.54, 1.807) is 12.1 Å². The second-order valence-corrected chi connectivity index (χ2v) is 4.67. The van der Waals surface area contributed by atoms with Crippen LogP contribution in [0.1, 0.15) is 22.8 Å². The van der Waals surface area contributed by atoms with Crippen molar-refractivity contribution >= 4 is 0 Å². The molecular formula is C16H16F2O2. The van der Waals surface area contributed by atoms with Gasteiger partial charge in [-0.25, -0.2) is 8.78 Å². The molecule has 1 unspecified atom stereocenters. The average Bonchev–Trinajstić information content (AvgIpc) is 2.42. The summed E-state index contributed by atoms with van der Waals surface area (Å²) in [5, 5.41) is 10.2. The van der Waals surface area contributed by atoms with Crippen LogP contribution >= 0.6 is 0 Å². The molecule has 0 aliphatic rings. The van der Waals surface area contributed by atoms with Crippen LogP contribution in [-0.4, -0.2) is 12.2 Å². The Bertz CT molecular complexity index is 591. The summed E-state index contributed by atoms with van der Waals surface area (Å²) in [5.74, 6) is -0.806. The van der Waals surface area contributed by atoms with Gasteiger partial charge in [0.05, 0.1) is 13.2 Å². The molecule has 0 saturated heterocycles. The zero-order valence-corrected chi connectivity index (χ0v) is 11.4. The van der Waals surface area contributed by atoms with E-state index in [2.05, 4.69) is 0 Å². The summed E-state index contributed by atoms with van der Waals surface area (Å²) in [7, 11) is 1.49. The number of hydrogen-bond acceptors (Lipinski definition) is 2. The first-order valence-electron chi connectivity index (χ1n) is 6.28. The zero-order chi connectivity index (χ0) is 14.7. The van der Waals surface area contributed by atoms with Crippen LogP contribution in [0.4, 0.5) is 8.78 Å². The topological polar surface area (TPSA) is 29.5 Å². The minimum absolute atomic E-state index is 0.123. The quantitative estimate of drug-likeness (QED) is 0.926. The lowest BCUT2D eigenvalue weighted by Crippen LogP contribution is -2.07. The molecule has 4 heteroatoms. The summed E-state index contributed by atoms with van der Waals surface area (Å²) >= 11 is 0. The Morgan fingerprint density at radius 1 is 1.15 bits per heavy atom. The minimum atomic E-state index is -1.03. The molecule has 0 amide bonds. The number of rotatable bonds is 4. The van der Waals surface area contributed by atoms with E-state index in [4.69, 9.17) is 4.74 Å².